The van der Waals surface area contributed by atoms with Gasteiger partial charge in [0.1, 0.15) is 42.3 Å². The maximum atomic E-state index is 13.4. The Morgan fingerprint density at radius 1 is 1.06 bits per heavy atom. The summed E-state index contributed by atoms with van der Waals surface area (Å²) in [6.45, 7) is 7.86. The fourth-order valence-corrected chi connectivity index (χ4v) is 4.19. The SMILES string of the molecule is Cc1cc(Nc2ncnc3[nH]nc(OCCN4CCN(C)CC4)c23)ccc1OCc1cccc(F)c1. The molecule has 0 aliphatic carbocycles. The molecule has 4 aromatic rings. The Bertz CT molecular complexity index is 1320. The number of hydrogen-bond donors (Lipinski definition) is 2. The molecule has 0 bridgehead atoms. The monoisotopic (exact) mass is 491 g/mol. The number of piperazine rings is 1. The summed E-state index contributed by atoms with van der Waals surface area (Å²) in [5.41, 5.74) is 3.17. The number of aromatic amines is 1. The fraction of sp³-hybridized carbons (Fsp3) is 0.346. The number of anilines is 2. The molecule has 9 nitrogen and oxygen atoms in total. The van der Waals surface area contributed by atoms with Crippen LogP contribution in [0.1, 0.15) is 11.1 Å². The lowest BCUT2D eigenvalue weighted by atomic mass is 10.2. The van der Waals surface area contributed by atoms with E-state index in [0.29, 0.717) is 35.9 Å². The Kier molecular flexibility index (Phi) is 7.24. The number of fused-ring (bicyclic) bond motifs is 1. The van der Waals surface area contributed by atoms with E-state index in [4.69, 9.17) is 9.47 Å². The van der Waals surface area contributed by atoms with Gasteiger partial charge < -0.3 is 19.7 Å². The smallest absolute Gasteiger partial charge is 0.246 e. The minimum atomic E-state index is -0.273. The lowest BCUT2D eigenvalue weighted by molar-refractivity contribution is 0.133. The van der Waals surface area contributed by atoms with E-state index in [2.05, 4.69) is 42.3 Å². The summed E-state index contributed by atoms with van der Waals surface area (Å²) in [6.07, 6.45) is 1.49. The number of halogens is 1. The van der Waals surface area contributed by atoms with Crippen LogP contribution >= 0.6 is 0 Å². The molecule has 2 N–H and O–H groups in total. The number of aromatic nitrogens is 4. The summed E-state index contributed by atoms with van der Waals surface area (Å²) in [7, 11) is 2.15. The molecule has 0 atom stereocenters. The first-order chi connectivity index (χ1) is 17.5. The quantitative estimate of drug-likeness (QED) is 0.366. The Morgan fingerprint density at radius 2 is 1.92 bits per heavy atom. The summed E-state index contributed by atoms with van der Waals surface area (Å²) < 4.78 is 25.3. The van der Waals surface area contributed by atoms with Crippen molar-refractivity contribution in [3.8, 4) is 11.6 Å². The fourth-order valence-electron chi connectivity index (χ4n) is 4.19. The van der Waals surface area contributed by atoms with Gasteiger partial charge in [0.2, 0.25) is 5.88 Å². The van der Waals surface area contributed by atoms with Gasteiger partial charge in [-0.25, -0.2) is 14.4 Å². The largest absolute Gasteiger partial charge is 0.489 e. The third kappa shape index (κ3) is 5.72. The van der Waals surface area contributed by atoms with Crippen LogP contribution in [-0.2, 0) is 6.61 Å². The number of aryl methyl sites for hydroxylation is 1. The van der Waals surface area contributed by atoms with Gasteiger partial charge in [0.25, 0.3) is 0 Å². The van der Waals surface area contributed by atoms with E-state index < -0.39 is 0 Å². The lowest BCUT2D eigenvalue weighted by Gasteiger charge is -2.32. The van der Waals surface area contributed by atoms with Crippen molar-refractivity contribution in [2.75, 3.05) is 51.7 Å². The predicted molar refractivity (Wildman–Crippen MR) is 136 cm³/mol. The van der Waals surface area contributed by atoms with E-state index >= 15 is 0 Å². The molecule has 5 rings (SSSR count). The van der Waals surface area contributed by atoms with Crippen molar-refractivity contribution in [2.24, 2.45) is 0 Å². The zero-order valence-electron chi connectivity index (χ0n) is 20.5. The zero-order chi connectivity index (χ0) is 24.9. The van der Waals surface area contributed by atoms with Gasteiger partial charge in [-0.3, -0.25) is 10.00 Å². The van der Waals surface area contributed by atoms with Gasteiger partial charge in [-0.05, 0) is 55.4 Å². The van der Waals surface area contributed by atoms with Gasteiger partial charge in [-0.2, -0.15) is 0 Å². The van der Waals surface area contributed by atoms with Crippen LogP contribution in [0.15, 0.2) is 48.8 Å². The Labute approximate surface area is 209 Å². The third-order valence-corrected chi connectivity index (χ3v) is 6.29. The average Bonchev–Trinajstić information content (AvgIpc) is 3.29. The van der Waals surface area contributed by atoms with Gasteiger partial charge in [0.15, 0.2) is 5.65 Å². The van der Waals surface area contributed by atoms with Crippen molar-refractivity contribution in [1.29, 1.82) is 0 Å². The maximum absolute atomic E-state index is 13.4. The molecule has 0 unspecified atom stereocenters. The van der Waals surface area contributed by atoms with Crippen molar-refractivity contribution >= 4 is 22.5 Å². The van der Waals surface area contributed by atoms with E-state index in [1.54, 1.807) is 6.07 Å². The molecule has 2 aromatic heterocycles. The van der Waals surface area contributed by atoms with Gasteiger partial charge in [0.05, 0.1) is 0 Å². The van der Waals surface area contributed by atoms with E-state index in [1.807, 2.05) is 31.2 Å². The van der Waals surface area contributed by atoms with Gasteiger partial charge in [-0.1, -0.05) is 12.1 Å². The van der Waals surface area contributed by atoms with Gasteiger partial charge >= 0.3 is 0 Å². The van der Waals surface area contributed by atoms with Crippen LogP contribution < -0.4 is 14.8 Å². The van der Waals surface area contributed by atoms with Crippen molar-refractivity contribution in [3.05, 3.63) is 65.7 Å². The van der Waals surface area contributed by atoms with Crippen LogP contribution in [-0.4, -0.2) is 76.3 Å². The minimum Gasteiger partial charge on any atom is -0.489 e. The highest BCUT2D eigenvalue weighted by molar-refractivity contribution is 5.92. The molecule has 0 amide bonds. The molecule has 36 heavy (non-hydrogen) atoms. The number of H-pyrrole nitrogens is 1. The topological polar surface area (TPSA) is 91.4 Å². The van der Waals surface area contributed by atoms with Crippen molar-refractivity contribution < 1.29 is 13.9 Å². The first kappa shape index (κ1) is 24.0. The molecule has 0 spiro atoms. The van der Waals surface area contributed by atoms with Crippen LogP contribution in [0.4, 0.5) is 15.9 Å². The lowest BCUT2D eigenvalue weighted by Crippen LogP contribution is -2.45. The van der Waals surface area contributed by atoms with Crippen LogP contribution in [0.25, 0.3) is 11.0 Å². The molecule has 1 aliphatic heterocycles. The molecule has 0 saturated carbocycles. The summed E-state index contributed by atoms with van der Waals surface area (Å²) >= 11 is 0. The van der Waals surface area contributed by atoms with Crippen molar-refractivity contribution in [3.63, 3.8) is 0 Å². The standard InChI is InChI=1S/C26H30FN7O2/c1-18-14-21(6-7-22(18)36-16-19-4-3-5-20(27)15-19)30-24-23-25(29-17-28-24)31-32-26(23)35-13-12-34-10-8-33(2)9-11-34/h3-7,14-15,17H,8-13,16H2,1-2H3,(H2,28,29,30,31,32). The Morgan fingerprint density at radius 3 is 2.72 bits per heavy atom. The second kappa shape index (κ2) is 10.9. The zero-order valence-corrected chi connectivity index (χ0v) is 20.5. The minimum absolute atomic E-state index is 0.273. The number of likely N-dealkylation sites (N-methyl/N-ethyl adjacent to an activating group) is 1. The average molecular weight is 492 g/mol. The van der Waals surface area contributed by atoms with E-state index in [9.17, 15) is 4.39 Å². The second-order valence-corrected chi connectivity index (χ2v) is 8.99. The first-order valence-corrected chi connectivity index (χ1v) is 12.0. The van der Waals surface area contributed by atoms with Crippen molar-refractivity contribution in [1.82, 2.24) is 30.0 Å². The second-order valence-electron chi connectivity index (χ2n) is 8.99. The molecule has 3 heterocycles. The maximum Gasteiger partial charge on any atom is 0.246 e. The summed E-state index contributed by atoms with van der Waals surface area (Å²) in [5.74, 6) is 1.55. The summed E-state index contributed by atoms with van der Waals surface area (Å²) in [4.78, 5) is 13.4. The van der Waals surface area contributed by atoms with Crippen LogP contribution in [0.3, 0.4) is 0 Å². The molecule has 1 saturated heterocycles. The molecule has 2 aromatic carbocycles. The highest BCUT2D eigenvalue weighted by Gasteiger charge is 2.17. The van der Waals surface area contributed by atoms with Crippen LogP contribution in [0.5, 0.6) is 11.6 Å². The third-order valence-electron chi connectivity index (χ3n) is 6.29. The van der Waals surface area contributed by atoms with Crippen LogP contribution in [0, 0.1) is 12.7 Å². The number of nitrogens with one attached hydrogen (secondary N) is 2. The predicted octanol–water partition coefficient (Wildman–Crippen LogP) is 3.75. The summed E-state index contributed by atoms with van der Waals surface area (Å²) in [5, 5.41) is 11.3. The van der Waals surface area contributed by atoms with Crippen molar-refractivity contribution in [2.45, 2.75) is 13.5 Å². The number of ether oxygens (including phenoxy) is 2. The number of nitrogens with zero attached hydrogens (tertiary/aromatic N) is 5. The molecule has 10 heteroatoms. The number of rotatable bonds is 9. The Hall–Kier alpha value is -3.76. The molecule has 188 valence electrons. The molecular weight excluding hydrogens is 461 g/mol. The highest BCUT2D eigenvalue weighted by Crippen LogP contribution is 2.31. The normalized spacial score (nSPS) is 14.8. The molecule has 1 aliphatic rings. The van der Waals surface area contributed by atoms with E-state index in [-0.39, 0.29) is 5.82 Å². The highest BCUT2D eigenvalue weighted by atomic mass is 19.1. The molecular formula is C26H30FN7O2. The van der Waals surface area contributed by atoms with E-state index in [0.717, 1.165) is 55.3 Å². The van der Waals surface area contributed by atoms with Gasteiger partial charge in [0, 0.05) is 38.4 Å². The van der Waals surface area contributed by atoms with E-state index in [1.165, 1.54) is 18.5 Å². The first-order valence-electron chi connectivity index (χ1n) is 12.0. The number of benzene rings is 2. The van der Waals surface area contributed by atoms with Crippen LogP contribution in [0.2, 0.25) is 0 Å². The summed E-state index contributed by atoms with van der Waals surface area (Å²) in [6, 6.07) is 12.2. The molecule has 1 fully saturated rings. The van der Waals surface area contributed by atoms with Gasteiger partial charge in [-0.15, -0.1) is 5.10 Å². The number of hydrogen-bond acceptors (Lipinski definition) is 8. The Balaban J connectivity index is 1.24. The molecule has 0 radical (unpaired) electrons.